The lowest BCUT2D eigenvalue weighted by molar-refractivity contribution is -0.239. The summed E-state index contributed by atoms with van der Waals surface area (Å²) in [7, 11) is -4.10. The molecule has 0 amide bonds. The first kappa shape index (κ1) is 25.8. The second kappa shape index (κ2) is 9.25. The number of aliphatic imine (C=N–C) groups is 1. The number of halogens is 5. The minimum Gasteiger partial charge on any atom is -0.449 e. The van der Waals surface area contributed by atoms with Gasteiger partial charge in [-0.05, 0) is 52.0 Å². The third-order valence-corrected chi connectivity index (χ3v) is 6.10. The summed E-state index contributed by atoms with van der Waals surface area (Å²) < 4.78 is 83.2. The van der Waals surface area contributed by atoms with Crippen LogP contribution in [-0.2, 0) is 14.8 Å². The lowest BCUT2D eigenvalue weighted by Gasteiger charge is -2.28. The summed E-state index contributed by atoms with van der Waals surface area (Å²) in [4.78, 5) is 3.38. The Hall–Kier alpha value is -2.27. The van der Waals surface area contributed by atoms with E-state index in [2.05, 4.69) is 16.3 Å². The first-order valence-corrected chi connectivity index (χ1v) is 10.3. The predicted molar refractivity (Wildman–Crippen MR) is 107 cm³/mol. The number of hydrogen-bond acceptors (Lipinski definition) is 4. The van der Waals surface area contributed by atoms with Crippen molar-refractivity contribution in [3.63, 3.8) is 0 Å². The van der Waals surface area contributed by atoms with E-state index in [9.17, 15) is 26.0 Å². The van der Waals surface area contributed by atoms with Crippen LogP contribution in [0.15, 0.2) is 52.1 Å². The fourth-order valence-corrected chi connectivity index (χ4v) is 3.98. The van der Waals surface area contributed by atoms with Crippen molar-refractivity contribution in [1.82, 2.24) is 4.31 Å². The van der Waals surface area contributed by atoms with Gasteiger partial charge in [-0.1, -0.05) is 18.2 Å². The van der Waals surface area contributed by atoms with E-state index in [0.717, 1.165) is 36.4 Å². The van der Waals surface area contributed by atoms with Crippen molar-refractivity contribution >= 4 is 27.6 Å². The van der Waals surface area contributed by atoms with E-state index in [-0.39, 0.29) is 27.9 Å². The van der Waals surface area contributed by atoms with Crippen LogP contribution in [0.2, 0.25) is 5.02 Å². The Morgan fingerprint density at radius 1 is 1.37 bits per heavy atom. The molecule has 0 bridgehead atoms. The first-order valence-electron chi connectivity index (χ1n) is 8.47. The number of ether oxygens (including phenoxy) is 1. The van der Waals surface area contributed by atoms with E-state index >= 15 is 0 Å². The van der Waals surface area contributed by atoms with Crippen LogP contribution >= 0.6 is 11.6 Å². The Balaban J connectivity index is 3.14. The van der Waals surface area contributed by atoms with E-state index in [4.69, 9.17) is 17.3 Å². The van der Waals surface area contributed by atoms with Crippen LogP contribution in [-0.4, -0.2) is 37.1 Å². The molecule has 168 valence electrons. The number of rotatable bonds is 7. The second-order valence-corrected chi connectivity index (χ2v) is 8.85. The van der Waals surface area contributed by atoms with Crippen LogP contribution in [0, 0.1) is 5.82 Å². The second-order valence-electron chi connectivity index (χ2n) is 6.58. The zero-order chi connectivity index (χ0) is 23.5. The smallest absolute Gasteiger partial charge is 0.427 e. The van der Waals surface area contributed by atoms with Crippen molar-refractivity contribution < 1.29 is 30.7 Å². The Bertz CT molecular complexity index is 973. The van der Waals surface area contributed by atoms with Gasteiger partial charge in [0.25, 0.3) is 16.0 Å². The van der Waals surface area contributed by atoms with Crippen LogP contribution in [0.25, 0.3) is 0 Å². The Morgan fingerprint density at radius 2 is 1.93 bits per heavy atom. The maximum Gasteiger partial charge on any atom is 0.427 e. The van der Waals surface area contributed by atoms with Crippen LogP contribution in [0.1, 0.15) is 27.7 Å². The largest absolute Gasteiger partial charge is 0.449 e. The SMILES string of the molecule is C=C(/C=C(\C)N(CC)S(=O)(=O)c1ccc(F)c(Cl)c1)N=C(N)OC(C)(C)C(F)(F)F. The molecule has 0 aromatic heterocycles. The summed E-state index contributed by atoms with van der Waals surface area (Å²) in [5.74, 6) is -0.772. The van der Waals surface area contributed by atoms with Crippen molar-refractivity contribution in [1.29, 1.82) is 0 Å². The molecule has 0 fully saturated rings. The third-order valence-electron chi connectivity index (χ3n) is 3.83. The number of nitrogens with two attached hydrogens (primary N) is 1. The normalized spacial score (nSPS) is 13.9. The molecule has 1 aromatic carbocycles. The lowest BCUT2D eigenvalue weighted by Crippen LogP contribution is -2.45. The van der Waals surface area contributed by atoms with Gasteiger partial charge in [0.05, 0.1) is 15.6 Å². The number of alkyl halides is 3. The quantitative estimate of drug-likeness (QED) is 0.273. The Morgan fingerprint density at radius 3 is 2.40 bits per heavy atom. The maximum absolute atomic E-state index is 13.3. The fraction of sp³-hybridized carbons (Fsp3) is 0.389. The highest BCUT2D eigenvalue weighted by Gasteiger charge is 2.50. The molecule has 1 rings (SSSR count). The summed E-state index contributed by atoms with van der Waals surface area (Å²) in [6.07, 6.45) is -3.49. The van der Waals surface area contributed by atoms with Crippen LogP contribution in [0.4, 0.5) is 17.6 Å². The standard InChI is InChI=1S/C18H22ClF4N3O3S/c1-6-26(30(27,28)13-7-8-15(20)14(19)10-13)12(3)9-11(2)25-16(24)29-17(4,5)18(21,22)23/h7-10H,2,6H2,1,3-5H3,(H2,24,25)/b12-9+. The number of hydrogen-bond donors (Lipinski definition) is 1. The molecule has 0 saturated heterocycles. The van der Waals surface area contributed by atoms with Gasteiger partial charge in [0.15, 0.2) is 0 Å². The molecule has 0 aliphatic heterocycles. The molecule has 0 aliphatic rings. The minimum atomic E-state index is -4.69. The highest BCUT2D eigenvalue weighted by molar-refractivity contribution is 7.89. The summed E-state index contributed by atoms with van der Waals surface area (Å²) >= 11 is 5.66. The van der Waals surface area contributed by atoms with E-state index in [1.807, 2.05) is 0 Å². The molecule has 0 atom stereocenters. The van der Waals surface area contributed by atoms with Gasteiger partial charge in [-0.2, -0.15) is 18.2 Å². The molecule has 30 heavy (non-hydrogen) atoms. The monoisotopic (exact) mass is 471 g/mol. The number of sulfonamides is 1. The summed E-state index contributed by atoms with van der Waals surface area (Å²) in [5, 5.41) is -0.361. The van der Waals surface area contributed by atoms with Crippen molar-refractivity contribution in [2.45, 2.75) is 44.4 Å². The van der Waals surface area contributed by atoms with Gasteiger partial charge in [0.1, 0.15) is 5.82 Å². The molecular formula is C18H22ClF4N3O3S. The van der Waals surface area contributed by atoms with Gasteiger partial charge >= 0.3 is 6.18 Å². The van der Waals surface area contributed by atoms with Gasteiger partial charge < -0.3 is 10.5 Å². The minimum absolute atomic E-state index is 0.0102. The summed E-state index contributed by atoms with van der Waals surface area (Å²) in [6, 6.07) is 2.17. The molecule has 6 nitrogen and oxygen atoms in total. The van der Waals surface area contributed by atoms with E-state index < -0.39 is 33.6 Å². The average molecular weight is 472 g/mol. The zero-order valence-electron chi connectivity index (χ0n) is 16.7. The van der Waals surface area contributed by atoms with Gasteiger partial charge in [0, 0.05) is 12.2 Å². The summed E-state index contributed by atoms with van der Waals surface area (Å²) in [5.41, 5.74) is 2.81. The Labute approximate surface area is 177 Å². The van der Waals surface area contributed by atoms with E-state index in [1.54, 1.807) is 6.92 Å². The van der Waals surface area contributed by atoms with Crippen LogP contribution < -0.4 is 5.73 Å². The van der Waals surface area contributed by atoms with Crippen molar-refractivity contribution in [2.75, 3.05) is 6.54 Å². The molecule has 0 heterocycles. The van der Waals surface area contributed by atoms with Crippen molar-refractivity contribution in [3.8, 4) is 0 Å². The van der Waals surface area contributed by atoms with Crippen LogP contribution in [0.3, 0.4) is 0 Å². The van der Waals surface area contributed by atoms with Crippen molar-refractivity contribution in [2.24, 2.45) is 10.7 Å². The molecule has 0 aliphatic carbocycles. The predicted octanol–water partition coefficient (Wildman–Crippen LogP) is 4.58. The average Bonchev–Trinajstić information content (AvgIpc) is 2.55. The van der Waals surface area contributed by atoms with Crippen molar-refractivity contribution in [3.05, 3.63) is 53.1 Å². The highest BCUT2D eigenvalue weighted by atomic mass is 35.5. The van der Waals surface area contributed by atoms with Gasteiger partial charge in [-0.3, -0.25) is 4.31 Å². The molecule has 0 saturated carbocycles. The molecular weight excluding hydrogens is 450 g/mol. The summed E-state index contributed by atoms with van der Waals surface area (Å²) in [6.45, 7) is 8.04. The van der Waals surface area contributed by atoms with E-state index in [0.29, 0.717) is 0 Å². The Kier molecular flexibility index (Phi) is 7.95. The van der Waals surface area contributed by atoms with Gasteiger partial charge in [-0.25, -0.2) is 12.8 Å². The number of allylic oxidation sites excluding steroid dienone is 2. The van der Waals surface area contributed by atoms with Crippen LogP contribution in [0.5, 0.6) is 0 Å². The number of nitrogens with zero attached hydrogens (tertiary/aromatic N) is 2. The fourth-order valence-electron chi connectivity index (χ4n) is 2.20. The van der Waals surface area contributed by atoms with E-state index in [1.165, 1.54) is 13.0 Å². The zero-order valence-corrected chi connectivity index (χ0v) is 18.3. The molecule has 0 radical (unpaired) electrons. The lowest BCUT2D eigenvalue weighted by atomic mass is 10.1. The van der Waals surface area contributed by atoms with Gasteiger partial charge in [-0.15, -0.1) is 0 Å². The molecule has 2 N–H and O–H groups in total. The third kappa shape index (κ3) is 6.11. The number of benzene rings is 1. The number of amidine groups is 1. The maximum atomic E-state index is 13.3. The topological polar surface area (TPSA) is 85.0 Å². The molecule has 0 spiro atoms. The molecule has 1 aromatic rings. The first-order chi connectivity index (χ1) is 13.5. The molecule has 12 heteroatoms. The van der Waals surface area contributed by atoms with Gasteiger partial charge in [0.2, 0.25) is 5.60 Å². The highest BCUT2D eigenvalue weighted by Crippen LogP contribution is 2.32. The molecule has 0 unspecified atom stereocenters.